The normalized spacial score (nSPS) is 14.4. The quantitative estimate of drug-likeness (QED) is 0.886. The van der Waals surface area contributed by atoms with Crippen molar-refractivity contribution in [2.75, 3.05) is 36.5 Å². The summed E-state index contributed by atoms with van der Waals surface area (Å²) in [6.07, 6.45) is 2.11. The zero-order valence-corrected chi connectivity index (χ0v) is 14.3. The molecule has 1 amide bonds. The first-order valence-electron chi connectivity index (χ1n) is 8.43. The minimum atomic E-state index is -0.257. The number of hydrogen-bond donors (Lipinski definition) is 1. The number of aromatic nitrogens is 2. The van der Waals surface area contributed by atoms with Crippen LogP contribution in [0.15, 0.2) is 41.5 Å². The highest BCUT2D eigenvalue weighted by Gasteiger charge is 2.11. The second-order valence-corrected chi connectivity index (χ2v) is 5.89. The van der Waals surface area contributed by atoms with E-state index in [0.717, 1.165) is 37.7 Å². The van der Waals surface area contributed by atoms with E-state index in [1.807, 2.05) is 31.2 Å². The fourth-order valence-electron chi connectivity index (χ4n) is 2.71. The van der Waals surface area contributed by atoms with Crippen LogP contribution in [0.1, 0.15) is 12.6 Å². The first-order chi connectivity index (χ1) is 12.2. The van der Waals surface area contributed by atoms with Gasteiger partial charge in [-0.15, -0.1) is 0 Å². The Kier molecular flexibility index (Phi) is 5.45. The van der Waals surface area contributed by atoms with E-state index in [0.29, 0.717) is 12.1 Å². The van der Waals surface area contributed by atoms with Crippen molar-refractivity contribution in [2.45, 2.75) is 19.9 Å². The maximum absolute atomic E-state index is 12.1. The van der Waals surface area contributed by atoms with Crippen molar-refractivity contribution in [1.82, 2.24) is 9.55 Å². The SMILES string of the molecule is CCc1cc(=O)n(CC(=O)Nc2ccc(N3CCOCC3)cc2)cn1. The third-order valence-corrected chi connectivity index (χ3v) is 4.14. The zero-order chi connectivity index (χ0) is 17.6. The Morgan fingerprint density at radius 1 is 1.24 bits per heavy atom. The number of aryl methyl sites for hydroxylation is 1. The van der Waals surface area contributed by atoms with Crippen LogP contribution in [-0.4, -0.2) is 41.8 Å². The van der Waals surface area contributed by atoms with Gasteiger partial charge in [0.25, 0.3) is 5.56 Å². The number of morpholine rings is 1. The standard InChI is InChI=1S/C18H22N4O3/c1-2-14-11-18(24)22(13-19-14)12-17(23)20-15-3-5-16(6-4-15)21-7-9-25-10-8-21/h3-6,11,13H,2,7-10,12H2,1H3,(H,20,23). The number of anilines is 2. The van der Waals surface area contributed by atoms with Gasteiger partial charge in [-0.05, 0) is 30.7 Å². The lowest BCUT2D eigenvalue weighted by molar-refractivity contribution is -0.116. The Hall–Kier alpha value is -2.67. The van der Waals surface area contributed by atoms with E-state index in [9.17, 15) is 9.59 Å². The van der Waals surface area contributed by atoms with Gasteiger partial charge in [0.1, 0.15) is 6.54 Å². The Morgan fingerprint density at radius 2 is 1.96 bits per heavy atom. The van der Waals surface area contributed by atoms with E-state index in [-0.39, 0.29) is 18.0 Å². The summed E-state index contributed by atoms with van der Waals surface area (Å²) in [6.45, 7) is 5.08. The van der Waals surface area contributed by atoms with Crippen molar-refractivity contribution in [3.8, 4) is 0 Å². The summed E-state index contributed by atoms with van der Waals surface area (Å²) < 4.78 is 6.65. The average molecular weight is 342 g/mol. The van der Waals surface area contributed by atoms with E-state index in [1.165, 1.54) is 17.0 Å². The first-order valence-corrected chi connectivity index (χ1v) is 8.43. The molecule has 1 aromatic heterocycles. The van der Waals surface area contributed by atoms with E-state index in [2.05, 4.69) is 15.2 Å². The van der Waals surface area contributed by atoms with Gasteiger partial charge >= 0.3 is 0 Å². The van der Waals surface area contributed by atoms with Crippen molar-refractivity contribution in [3.05, 3.63) is 52.7 Å². The lowest BCUT2D eigenvalue weighted by Crippen LogP contribution is -2.36. The highest BCUT2D eigenvalue weighted by molar-refractivity contribution is 5.90. The van der Waals surface area contributed by atoms with Gasteiger partial charge in [-0.1, -0.05) is 6.92 Å². The predicted octanol–water partition coefficient (Wildman–Crippen LogP) is 1.28. The van der Waals surface area contributed by atoms with Gasteiger partial charge in [0.05, 0.1) is 19.5 Å². The maximum Gasteiger partial charge on any atom is 0.253 e. The molecular weight excluding hydrogens is 320 g/mol. The average Bonchev–Trinajstić information content (AvgIpc) is 2.64. The largest absolute Gasteiger partial charge is 0.378 e. The van der Waals surface area contributed by atoms with Crippen molar-refractivity contribution in [1.29, 1.82) is 0 Å². The molecule has 0 unspecified atom stereocenters. The molecule has 0 aliphatic carbocycles. The lowest BCUT2D eigenvalue weighted by atomic mass is 10.2. The van der Waals surface area contributed by atoms with Crippen molar-refractivity contribution < 1.29 is 9.53 Å². The minimum Gasteiger partial charge on any atom is -0.378 e. The molecule has 1 fully saturated rings. The number of amides is 1. The van der Waals surface area contributed by atoms with Crippen LogP contribution in [-0.2, 0) is 22.5 Å². The van der Waals surface area contributed by atoms with Gasteiger partial charge in [0, 0.05) is 36.2 Å². The number of carbonyl (C=O) groups is 1. The summed E-state index contributed by atoms with van der Waals surface area (Å²) in [5.74, 6) is -0.257. The Morgan fingerprint density at radius 3 is 2.60 bits per heavy atom. The molecular formula is C18H22N4O3. The third-order valence-electron chi connectivity index (χ3n) is 4.14. The number of benzene rings is 1. The molecule has 25 heavy (non-hydrogen) atoms. The molecule has 1 aromatic carbocycles. The topological polar surface area (TPSA) is 76.5 Å². The molecule has 1 aliphatic rings. The molecule has 0 radical (unpaired) electrons. The molecule has 3 rings (SSSR count). The van der Waals surface area contributed by atoms with Crippen LogP contribution in [0, 0.1) is 0 Å². The Labute approximate surface area is 146 Å². The lowest BCUT2D eigenvalue weighted by Gasteiger charge is -2.28. The van der Waals surface area contributed by atoms with Crippen LogP contribution in [0.3, 0.4) is 0 Å². The number of rotatable bonds is 5. The molecule has 1 N–H and O–H groups in total. The van der Waals surface area contributed by atoms with Gasteiger partial charge in [0.15, 0.2) is 0 Å². The fourth-order valence-corrected chi connectivity index (χ4v) is 2.71. The summed E-state index contributed by atoms with van der Waals surface area (Å²) in [7, 11) is 0. The molecule has 7 nitrogen and oxygen atoms in total. The summed E-state index contributed by atoms with van der Waals surface area (Å²) in [4.78, 5) is 30.5. The van der Waals surface area contributed by atoms with Crippen LogP contribution in [0.5, 0.6) is 0 Å². The zero-order valence-electron chi connectivity index (χ0n) is 14.3. The van der Waals surface area contributed by atoms with E-state index in [1.54, 1.807) is 0 Å². The van der Waals surface area contributed by atoms with Crippen LogP contribution >= 0.6 is 0 Å². The molecule has 132 valence electrons. The Bertz CT molecular complexity index is 780. The third kappa shape index (κ3) is 4.45. The highest BCUT2D eigenvalue weighted by Crippen LogP contribution is 2.19. The molecule has 0 spiro atoms. The van der Waals surface area contributed by atoms with Crippen molar-refractivity contribution >= 4 is 17.3 Å². The molecule has 0 saturated carbocycles. The second kappa shape index (κ2) is 7.94. The fraction of sp³-hybridized carbons (Fsp3) is 0.389. The number of nitrogens with zero attached hydrogens (tertiary/aromatic N) is 3. The summed E-state index contributed by atoms with van der Waals surface area (Å²) in [6, 6.07) is 9.15. The van der Waals surface area contributed by atoms with Crippen LogP contribution in [0.4, 0.5) is 11.4 Å². The van der Waals surface area contributed by atoms with Gasteiger partial charge in [-0.2, -0.15) is 0 Å². The van der Waals surface area contributed by atoms with Gasteiger partial charge < -0.3 is 15.0 Å². The first kappa shape index (κ1) is 17.2. The smallest absolute Gasteiger partial charge is 0.253 e. The summed E-state index contributed by atoms with van der Waals surface area (Å²) in [5.41, 5.74) is 2.31. The molecule has 2 heterocycles. The molecule has 7 heteroatoms. The molecule has 2 aromatic rings. The number of nitrogens with one attached hydrogen (secondary N) is 1. The summed E-state index contributed by atoms with van der Waals surface area (Å²) >= 11 is 0. The van der Waals surface area contributed by atoms with Crippen molar-refractivity contribution in [2.24, 2.45) is 0 Å². The Balaban J connectivity index is 1.60. The van der Waals surface area contributed by atoms with Crippen molar-refractivity contribution in [3.63, 3.8) is 0 Å². The van der Waals surface area contributed by atoms with E-state index >= 15 is 0 Å². The number of hydrogen-bond acceptors (Lipinski definition) is 5. The van der Waals surface area contributed by atoms with Gasteiger partial charge in [-0.25, -0.2) is 4.98 Å². The van der Waals surface area contributed by atoms with Crippen LogP contribution in [0.25, 0.3) is 0 Å². The molecule has 0 atom stereocenters. The molecule has 1 aliphatic heterocycles. The van der Waals surface area contributed by atoms with E-state index < -0.39 is 0 Å². The number of carbonyl (C=O) groups excluding carboxylic acids is 1. The number of ether oxygens (including phenoxy) is 1. The second-order valence-electron chi connectivity index (χ2n) is 5.89. The van der Waals surface area contributed by atoms with Gasteiger partial charge in [0.2, 0.25) is 5.91 Å². The monoisotopic (exact) mass is 342 g/mol. The van der Waals surface area contributed by atoms with E-state index in [4.69, 9.17) is 4.74 Å². The molecule has 0 bridgehead atoms. The highest BCUT2D eigenvalue weighted by atomic mass is 16.5. The predicted molar refractivity (Wildman–Crippen MR) is 96.0 cm³/mol. The summed E-state index contributed by atoms with van der Waals surface area (Å²) in [5, 5.41) is 2.81. The van der Waals surface area contributed by atoms with Crippen LogP contribution < -0.4 is 15.8 Å². The van der Waals surface area contributed by atoms with Gasteiger partial charge in [-0.3, -0.25) is 14.2 Å². The van der Waals surface area contributed by atoms with Crippen LogP contribution in [0.2, 0.25) is 0 Å². The molecule has 1 saturated heterocycles. The minimum absolute atomic E-state index is 0.0545. The maximum atomic E-state index is 12.1.